The lowest BCUT2D eigenvalue weighted by molar-refractivity contribution is -0.402. The summed E-state index contributed by atoms with van der Waals surface area (Å²) in [5.74, 6) is -0.597. The largest absolute Gasteiger partial charge is 0.433 e. The molecule has 0 aromatic carbocycles. The van der Waals surface area contributed by atoms with Gasteiger partial charge >= 0.3 is 5.88 Å². The molecule has 0 fully saturated rings. The van der Waals surface area contributed by atoms with E-state index < -0.39 is 10.8 Å². The first kappa shape index (κ1) is 15.9. The molecule has 0 amide bonds. The van der Waals surface area contributed by atoms with Crippen LogP contribution < -0.4 is 5.73 Å². The van der Waals surface area contributed by atoms with Gasteiger partial charge in [0.1, 0.15) is 4.92 Å². The van der Waals surface area contributed by atoms with Gasteiger partial charge in [-0.05, 0) is 6.07 Å². The molecule has 1 aromatic heterocycles. The van der Waals surface area contributed by atoms with E-state index in [1.54, 1.807) is 0 Å². The van der Waals surface area contributed by atoms with Gasteiger partial charge in [0.05, 0.1) is 25.4 Å². The molecule has 0 atom stereocenters. The minimum atomic E-state index is -0.673. The van der Waals surface area contributed by atoms with E-state index >= 15 is 0 Å². The van der Waals surface area contributed by atoms with Gasteiger partial charge in [-0.3, -0.25) is 15.5 Å². The SMILES string of the molecule is Cl.N=C(N)N(CCO)/N=C/c1ccc([N+](=O)[O-])o1. The van der Waals surface area contributed by atoms with Crippen LogP contribution in [0.25, 0.3) is 0 Å². The summed E-state index contributed by atoms with van der Waals surface area (Å²) in [5, 5.41) is 30.9. The lowest BCUT2D eigenvalue weighted by atomic mass is 10.5. The minimum Gasteiger partial charge on any atom is -0.400 e. The predicted octanol–water partition coefficient (Wildman–Crippen LogP) is 0.131. The molecule has 0 bridgehead atoms. The molecule has 0 saturated heterocycles. The molecular weight excluding hydrogens is 266 g/mol. The third-order valence-electron chi connectivity index (χ3n) is 1.71. The highest BCUT2D eigenvalue weighted by Crippen LogP contribution is 2.13. The van der Waals surface area contributed by atoms with Crippen LogP contribution in [0.3, 0.4) is 0 Å². The van der Waals surface area contributed by atoms with E-state index in [-0.39, 0.29) is 37.3 Å². The molecule has 1 heterocycles. The van der Waals surface area contributed by atoms with E-state index in [1.807, 2.05) is 0 Å². The fourth-order valence-electron chi connectivity index (χ4n) is 0.971. The first-order chi connectivity index (χ1) is 8.04. The minimum absolute atomic E-state index is 0. The average Bonchev–Trinajstić information content (AvgIpc) is 2.72. The maximum Gasteiger partial charge on any atom is 0.433 e. The van der Waals surface area contributed by atoms with Crippen LogP contribution in [0.15, 0.2) is 21.7 Å². The highest BCUT2D eigenvalue weighted by molar-refractivity contribution is 5.85. The van der Waals surface area contributed by atoms with Crippen molar-refractivity contribution in [3.05, 3.63) is 28.0 Å². The van der Waals surface area contributed by atoms with Crippen molar-refractivity contribution in [1.82, 2.24) is 5.01 Å². The van der Waals surface area contributed by atoms with E-state index in [0.717, 1.165) is 5.01 Å². The number of guanidine groups is 1. The summed E-state index contributed by atoms with van der Waals surface area (Å²) in [6.45, 7) is -0.177. The summed E-state index contributed by atoms with van der Waals surface area (Å²) < 4.78 is 4.80. The number of aliphatic hydroxyl groups excluding tert-OH is 1. The Kier molecular flexibility index (Phi) is 6.39. The lowest BCUT2D eigenvalue weighted by Gasteiger charge is -2.13. The van der Waals surface area contributed by atoms with E-state index in [1.165, 1.54) is 18.3 Å². The Hall–Kier alpha value is -2.13. The van der Waals surface area contributed by atoms with Crippen LogP contribution >= 0.6 is 12.4 Å². The van der Waals surface area contributed by atoms with Crippen LogP contribution in [-0.2, 0) is 0 Å². The molecule has 9 nitrogen and oxygen atoms in total. The Morgan fingerprint density at radius 3 is 2.83 bits per heavy atom. The molecule has 0 aliphatic carbocycles. The zero-order chi connectivity index (χ0) is 12.8. The van der Waals surface area contributed by atoms with Crippen molar-refractivity contribution in [2.24, 2.45) is 10.8 Å². The van der Waals surface area contributed by atoms with Crippen LogP contribution in [0.1, 0.15) is 5.76 Å². The van der Waals surface area contributed by atoms with Gasteiger partial charge in [-0.15, -0.1) is 12.4 Å². The van der Waals surface area contributed by atoms with E-state index in [0.29, 0.717) is 0 Å². The number of nitrogens with zero attached hydrogens (tertiary/aromatic N) is 3. The third-order valence-corrected chi connectivity index (χ3v) is 1.71. The topological polar surface area (TPSA) is 142 Å². The third kappa shape index (κ3) is 4.39. The molecule has 0 aliphatic rings. The van der Waals surface area contributed by atoms with Gasteiger partial charge in [0, 0.05) is 0 Å². The number of furan rings is 1. The molecule has 10 heteroatoms. The average molecular weight is 278 g/mol. The van der Waals surface area contributed by atoms with Gasteiger partial charge in [-0.1, -0.05) is 0 Å². The predicted molar refractivity (Wildman–Crippen MR) is 65.9 cm³/mol. The highest BCUT2D eigenvalue weighted by Gasteiger charge is 2.10. The summed E-state index contributed by atoms with van der Waals surface area (Å²) >= 11 is 0. The fraction of sp³-hybridized carbons (Fsp3) is 0.250. The van der Waals surface area contributed by atoms with Gasteiger partial charge < -0.3 is 15.3 Å². The van der Waals surface area contributed by atoms with E-state index in [2.05, 4.69) is 5.10 Å². The second kappa shape index (κ2) is 7.25. The number of nitro groups is 1. The van der Waals surface area contributed by atoms with Crippen LogP contribution in [-0.4, -0.2) is 40.4 Å². The standard InChI is InChI=1S/C8H11N5O4.ClH/c9-8(10)12(3-4-14)11-5-6-1-2-7(17-6)13(15)16;/h1-2,5,14H,3-4H2,(H3,9,10);1H/b11-5+;. The molecule has 0 aliphatic heterocycles. The van der Waals surface area contributed by atoms with Gasteiger partial charge in [0.2, 0.25) is 5.96 Å². The van der Waals surface area contributed by atoms with Crippen LogP contribution in [0.5, 0.6) is 0 Å². The Labute approximate surface area is 108 Å². The van der Waals surface area contributed by atoms with Crippen molar-refractivity contribution in [2.45, 2.75) is 0 Å². The molecule has 100 valence electrons. The first-order valence-electron chi connectivity index (χ1n) is 4.55. The molecule has 1 rings (SSSR count). The number of aliphatic hydroxyl groups is 1. The molecule has 18 heavy (non-hydrogen) atoms. The van der Waals surface area contributed by atoms with Gasteiger partial charge in [-0.2, -0.15) is 5.10 Å². The second-order valence-electron chi connectivity index (χ2n) is 2.91. The Balaban J connectivity index is 0.00000289. The Bertz CT molecular complexity index is 446. The van der Waals surface area contributed by atoms with Crippen molar-refractivity contribution >= 4 is 30.5 Å². The van der Waals surface area contributed by atoms with E-state index in [9.17, 15) is 10.1 Å². The fourth-order valence-corrected chi connectivity index (χ4v) is 0.971. The first-order valence-corrected chi connectivity index (χ1v) is 4.55. The number of halogens is 1. The molecule has 0 radical (unpaired) electrons. The van der Waals surface area contributed by atoms with E-state index in [4.69, 9.17) is 20.7 Å². The zero-order valence-electron chi connectivity index (χ0n) is 9.15. The molecule has 0 saturated carbocycles. The number of rotatable bonds is 5. The summed E-state index contributed by atoms with van der Waals surface area (Å²) in [7, 11) is 0. The summed E-state index contributed by atoms with van der Waals surface area (Å²) in [6.07, 6.45) is 1.17. The number of hydrazone groups is 1. The number of hydrogen-bond donors (Lipinski definition) is 3. The monoisotopic (exact) mass is 277 g/mol. The Morgan fingerprint density at radius 2 is 2.39 bits per heavy atom. The van der Waals surface area contributed by atoms with Crippen molar-refractivity contribution in [3.8, 4) is 0 Å². The normalized spacial score (nSPS) is 10.1. The highest BCUT2D eigenvalue weighted by atomic mass is 35.5. The quantitative estimate of drug-likeness (QED) is 0.302. The van der Waals surface area contributed by atoms with Crippen molar-refractivity contribution in [2.75, 3.05) is 13.2 Å². The maximum absolute atomic E-state index is 10.3. The number of hydrogen-bond acceptors (Lipinski definition) is 6. The number of nitrogens with one attached hydrogen (secondary N) is 1. The maximum atomic E-state index is 10.3. The van der Waals surface area contributed by atoms with Crippen molar-refractivity contribution in [1.29, 1.82) is 5.41 Å². The zero-order valence-corrected chi connectivity index (χ0v) is 9.96. The molecule has 1 aromatic rings. The molecular formula is C8H12ClN5O4. The number of nitrogens with two attached hydrogens (primary N) is 1. The van der Waals surface area contributed by atoms with Gasteiger partial charge in [-0.25, -0.2) is 5.01 Å². The van der Waals surface area contributed by atoms with Crippen molar-refractivity contribution in [3.63, 3.8) is 0 Å². The van der Waals surface area contributed by atoms with Crippen LogP contribution in [0.4, 0.5) is 5.88 Å². The van der Waals surface area contributed by atoms with Crippen LogP contribution in [0.2, 0.25) is 0 Å². The molecule has 0 spiro atoms. The summed E-state index contributed by atoms with van der Waals surface area (Å²) in [6, 6.07) is 2.55. The molecule has 4 N–H and O–H groups in total. The smallest absolute Gasteiger partial charge is 0.400 e. The second-order valence-corrected chi connectivity index (χ2v) is 2.91. The van der Waals surface area contributed by atoms with Crippen LogP contribution in [0, 0.1) is 15.5 Å². The summed E-state index contributed by atoms with van der Waals surface area (Å²) in [4.78, 5) is 9.66. The van der Waals surface area contributed by atoms with Gasteiger partial charge in [0.25, 0.3) is 0 Å². The lowest BCUT2D eigenvalue weighted by Crippen LogP contribution is -2.34. The molecule has 0 unspecified atom stereocenters. The van der Waals surface area contributed by atoms with Crippen molar-refractivity contribution < 1.29 is 14.4 Å². The Morgan fingerprint density at radius 1 is 1.72 bits per heavy atom. The van der Waals surface area contributed by atoms with Gasteiger partial charge in [0.15, 0.2) is 5.76 Å². The summed E-state index contributed by atoms with van der Waals surface area (Å²) in [5.41, 5.74) is 5.19.